The molecule has 0 fully saturated rings. The molecule has 5 nitrogen and oxygen atoms in total. The lowest BCUT2D eigenvalue weighted by molar-refractivity contribution is -0.0922. The molecule has 1 aromatic carbocycles. The molecule has 21 heavy (non-hydrogen) atoms. The van der Waals surface area contributed by atoms with Gasteiger partial charge in [0.2, 0.25) is 12.2 Å². The number of nitrogens with one attached hydrogen (secondary N) is 2. The summed E-state index contributed by atoms with van der Waals surface area (Å²) in [6.45, 7) is 2.46. The Morgan fingerprint density at radius 3 is 2.81 bits per heavy atom. The summed E-state index contributed by atoms with van der Waals surface area (Å²) in [6, 6.07) is 9.87. The number of ether oxygens (including phenoxy) is 2. The Labute approximate surface area is 126 Å². The monoisotopic (exact) mass is 304 g/mol. The summed E-state index contributed by atoms with van der Waals surface area (Å²) >= 11 is 5.01. The van der Waals surface area contributed by atoms with Gasteiger partial charge in [-0.05, 0) is 24.7 Å². The van der Waals surface area contributed by atoms with Crippen molar-refractivity contribution in [2.45, 2.75) is 25.6 Å². The molecule has 0 saturated heterocycles. The lowest BCUT2D eigenvalue weighted by Crippen LogP contribution is -2.33. The summed E-state index contributed by atoms with van der Waals surface area (Å²) in [5.41, 5.74) is 1.42. The van der Waals surface area contributed by atoms with Gasteiger partial charge in [-0.25, -0.2) is 0 Å². The third-order valence-electron chi connectivity index (χ3n) is 3.52. The maximum atomic E-state index is 12.3. The van der Waals surface area contributed by atoms with Gasteiger partial charge in [0.1, 0.15) is 0 Å². The Morgan fingerprint density at radius 1 is 1.33 bits per heavy atom. The average Bonchev–Trinajstić information content (AvgIpc) is 2.47. The van der Waals surface area contributed by atoms with Crippen LogP contribution in [0.2, 0.25) is 0 Å². The van der Waals surface area contributed by atoms with Crippen molar-refractivity contribution < 1.29 is 9.47 Å². The Hall–Kier alpha value is -1.92. The van der Waals surface area contributed by atoms with E-state index in [-0.39, 0.29) is 22.5 Å². The molecular formula is C15H16N2O3S. The number of rotatable bonds is 3. The van der Waals surface area contributed by atoms with E-state index in [4.69, 9.17) is 21.7 Å². The van der Waals surface area contributed by atoms with Crippen LogP contribution in [0.4, 0.5) is 0 Å². The molecule has 3 rings (SSSR count). The van der Waals surface area contributed by atoms with Crippen LogP contribution in [-0.4, -0.2) is 22.9 Å². The fourth-order valence-electron chi connectivity index (χ4n) is 2.65. The van der Waals surface area contributed by atoms with Gasteiger partial charge in [0.15, 0.2) is 4.77 Å². The van der Waals surface area contributed by atoms with Gasteiger partial charge in [-0.2, -0.15) is 0 Å². The molecule has 1 aromatic heterocycles. The van der Waals surface area contributed by atoms with Crippen LogP contribution in [0.1, 0.15) is 30.4 Å². The number of H-pyrrole nitrogens is 2. The molecule has 110 valence electrons. The van der Waals surface area contributed by atoms with Gasteiger partial charge in [-0.1, -0.05) is 30.3 Å². The summed E-state index contributed by atoms with van der Waals surface area (Å²) in [4.78, 5) is 17.8. The number of aromatic amines is 2. The highest BCUT2D eigenvalue weighted by Gasteiger charge is 2.32. The largest absolute Gasteiger partial charge is 0.449 e. The van der Waals surface area contributed by atoms with Crippen LogP contribution in [0.5, 0.6) is 5.88 Å². The van der Waals surface area contributed by atoms with Gasteiger partial charge < -0.3 is 14.5 Å². The molecule has 0 saturated carbocycles. The van der Waals surface area contributed by atoms with Crippen molar-refractivity contribution >= 4 is 12.2 Å². The summed E-state index contributed by atoms with van der Waals surface area (Å²) in [7, 11) is 0. The fourth-order valence-corrected chi connectivity index (χ4v) is 2.84. The average molecular weight is 304 g/mol. The number of fused-ring (bicyclic) bond motifs is 1. The van der Waals surface area contributed by atoms with Crippen molar-refractivity contribution in [2.75, 3.05) is 6.61 Å². The predicted molar refractivity (Wildman–Crippen MR) is 81.2 cm³/mol. The second-order valence-corrected chi connectivity index (χ2v) is 5.26. The topological polar surface area (TPSA) is 67.1 Å². The maximum Gasteiger partial charge on any atom is 0.259 e. The zero-order valence-corrected chi connectivity index (χ0v) is 12.4. The Morgan fingerprint density at radius 2 is 2.10 bits per heavy atom. The minimum absolute atomic E-state index is 0.0814. The summed E-state index contributed by atoms with van der Waals surface area (Å²) in [5.74, 6) is 0.324. The van der Waals surface area contributed by atoms with E-state index in [1.807, 2.05) is 37.3 Å². The van der Waals surface area contributed by atoms with Crippen molar-refractivity contribution in [3.8, 4) is 5.88 Å². The lowest BCUT2D eigenvalue weighted by atomic mass is 9.88. The van der Waals surface area contributed by atoms with Gasteiger partial charge in [0.25, 0.3) is 5.56 Å². The Balaban J connectivity index is 2.12. The first-order valence-electron chi connectivity index (χ1n) is 6.88. The van der Waals surface area contributed by atoms with Crippen molar-refractivity contribution in [2.24, 2.45) is 0 Å². The Bertz CT molecular complexity index is 739. The molecule has 0 unspecified atom stereocenters. The SMILES string of the molecule is CCO[C@H]1C[C@H](c2ccccc2)c2c([nH]c(=S)[nH]c2=O)O1. The van der Waals surface area contributed by atoms with Crippen molar-refractivity contribution in [1.82, 2.24) is 9.97 Å². The second-order valence-electron chi connectivity index (χ2n) is 4.85. The van der Waals surface area contributed by atoms with Gasteiger partial charge in [0.05, 0.1) is 5.56 Å². The first-order chi connectivity index (χ1) is 10.2. The number of hydrogen-bond acceptors (Lipinski definition) is 4. The quantitative estimate of drug-likeness (QED) is 0.856. The highest BCUT2D eigenvalue weighted by Crippen LogP contribution is 2.37. The first-order valence-corrected chi connectivity index (χ1v) is 7.29. The van der Waals surface area contributed by atoms with Crippen LogP contribution in [0.15, 0.2) is 35.1 Å². The Kier molecular flexibility index (Phi) is 3.90. The third kappa shape index (κ3) is 2.77. The second kappa shape index (κ2) is 5.83. The van der Waals surface area contributed by atoms with Crippen molar-refractivity contribution in [1.29, 1.82) is 0 Å². The molecule has 0 radical (unpaired) electrons. The van der Waals surface area contributed by atoms with E-state index in [2.05, 4.69) is 9.97 Å². The highest BCUT2D eigenvalue weighted by molar-refractivity contribution is 7.71. The summed E-state index contributed by atoms with van der Waals surface area (Å²) < 4.78 is 11.6. The van der Waals surface area contributed by atoms with Crippen LogP contribution >= 0.6 is 12.2 Å². The lowest BCUT2D eigenvalue weighted by Gasteiger charge is -2.30. The molecule has 0 spiro atoms. The smallest absolute Gasteiger partial charge is 0.259 e. The highest BCUT2D eigenvalue weighted by atomic mass is 32.1. The van der Waals surface area contributed by atoms with Gasteiger partial charge in [-0.3, -0.25) is 9.78 Å². The summed E-state index contributed by atoms with van der Waals surface area (Å²) in [5, 5.41) is 0. The molecule has 2 heterocycles. The van der Waals surface area contributed by atoms with Gasteiger partial charge in [-0.15, -0.1) is 0 Å². The zero-order chi connectivity index (χ0) is 14.8. The normalized spacial score (nSPS) is 20.6. The van der Waals surface area contributed by atoms with E-state index in [1.165, 1.54) is 0 Å². The standard InChI is InChI=1S/C15H16N2O3S/c1-2-19-11-8-10(9-6-4-3-5-7-9)12-13(18)16-15(21)17-14(12)20-11/h3-7,10-11H,2,8H2,1H3,(H2,16,17,18,21)/t10-,11-/m1/s1. The third-order valence-corrected chi connectivity index (χ3v) is 3.73. The van der Waals surface area contributed by atoms with E-state index < -0.39 is 0 Å². The molecule has 0 aliphatic carbocycles. The number of benzene rings is 1. The molecule has 0 amide bonds. The number of aromatic nitrogens is 2. The van der Waals surface area contributed by atoms with E-state index in [0.717, 1.165) is 5.56 Å². The van der Waals surface area contributed by atoms with Crippen LogP contribution in [0.3, 0.4) is 0 Å². The molecule has 6 heteroatoms. The fraction of sp³-hybridized carbons (Fsp3) is 0.333. The molecule has 1 aliphatic heterocycles. The van der Waals surface area contributed by atoms with Crippen molar-refractivity contribution in [3.05, 3.63) is 56.6 Å². The predicted octanol–water partition coefficient (Wildman–Crippen LogP) is 2.71. The van der Waals surface area contributed by atoms with E-state index in [9.17, 15) is 4.79 Å². The van der Waals surface area contributed by atoms with E-state index in [1.54, 1.807) is 0 Å². The van der Waals surface area contributed by atoms with Gasteiger partial charge >= 0.3 is 0 Å². The summed E-state index contributed by atoms with van der Waals surface area (Å²) in [6.07, 6.45) is 0.207. The van der Waals surface area contributed by atoms with Crippen LogP contribution in [0.25, 0.3) is 0 Å². The molecule has 2 atom stereocenters. The van der Waals surface area contributed by atoms with Crippen LogP contribution < -0.4 is 10.3 Å². The minimum atomic E-state index is -0.389. The molecular weight excluding hydrogens is 288 g/mol. The molecule has 2 N–H and O–H groups in total. The zero-order valence-electron chi connectivity index (χ0n) is 11.6. The molecule has 2 aromatic rings. The minimum Gasteiger partial charge on any atom is -0.449 e. The van der Waals surface area contributed by atoms with Crippen LogP contribution in [0, 0.1) is 4.77 Å². The number of hydrogen-bond donors (Lipinski definition) is 2. The van der Waals surface area contributed by atoms with Crippen LogP contribution in [-0.2, 0) is 4.74 Å². The molecule has 1 aliphatic rings. The van der Waals surface area contributed by atoms with E-state index in [0.29, 0.717) is 24.5 Å². The maximum absolute atomic E-state index is 12.3. The van der Waals surface area contributed by atoms with Crippen molar-refractivity contribution in [3.63, 3.8) is 0 Å². The molecule has 0 bridgehead atoms. The van der Waals surface area contributed by atoms with Gasteiger partial charge in [0, 0.05) is 18.9 Å². The van der Waals surface area contributed by atoms with E-state index >= 15 is 0 Å². The first kappa shape index (κ1) is 14.0.